The molecule has 0 fully saturated rings. The molecule has 108 valence electrons. The Morgan fingerprint density at radius 1 is 1.00 bits per heavy atom. The zero-order valence-electron chi connectivity index (χ0n) is 10.9. The summed E-state index contributed by atoms with van der Waals surface area (Å²) < 4.78 is 47.6. The molecule has 0 saturated carbocycles. The van der Waals surface area contributed by atoms with Crippen LogP contribution in [0.1, 0.15) is 5.56 Å². The van der Waals surface area contributed by atoms with Crippen molar-refractivity contribution in [1.29, 1.82) is 0 Å². The Bertz CT molecular complexity index is 607. The highest BCUT2D eigenvalue weighted by Crippen LogP contribution is 2.11. The van der Waals surface area contributed by atoms with E-state index < -0.39 is 25.6 Å². The summed E-state index contributed by atoms with van der Waals surface area (Å²) in [5.74, 6) is -0.829. The van der Waals surface area contributed by atoms with E-state index in [0.717, 1.165) is 11.8 Å². The van der Waals surface area contributed by atoms with Crippen LogP contribution in [0.5, 0.6) is 0 Å². The first kappa shape index (κ1) is 15.9. The van der Waals surface area contributed by atoms with Crippen molar-refractivity contribution in [2.45, 2.75) is 6.54 Å². The lowest BCUT2D eigenvalue weighted by molar-refractivity contribution is 0.593. The van der Waals surface area contributed by atoms with Gasteiger partial charge in [-0.25, -0.2) is 16.8 Å². The fourth-order valence-corrected chi connectivity index (χ4v) is 4.07. The second kappa shape index (κ2) is 6.36. The minimum absolute atomic E-state index is 0.389. The van der Waals surface area contributed by atoms with Crippen molar-refractivity contribution in [3.05, 3.63) is 29.8 Å². The van der Waals surface area contributed by atoms with Crippen molar-refractivity contribution < 1.29 is 16.8 Å². The number of hydrogen-bond donors (Lipinski definition) is 2. The van der Waals surface area contributed by atoms with E-state index in [1.807, 2.05) is 7.05 Å². The van der Waals surface area contributed by atoms with Gasteiger partial charge in [0, 0.05) is 18.5 Å². The van der Waals surface area contributed by atoms with Crippen LogP contribution in [-0.4, -0.2) is 41.6 Å². The lowest BCUT2D eigenvalue weighted by Crippen LogP contribution is -2.22. The number of hydrogen-bond acceptors (Lipinski definition) is 5. The summed E-state index contributed by atoms with van der Waals surface area (Å²) in [5.41, 5.74) is 1.45. The van der Waals surface area contributed by atoms with Crippen LogP contribution in [0.15, 0.2) is 24.3 Å². The Kier molecular flexibility index (Phi) is 5.33. The zero-order chi connectivity index (χ0) is 14.5. The summed E-state index contributed by atoms with van der Waals surface area (Å²) >= 11 is 0. The molecule has 19 heavy (non-hydrogen) atoms. The lowest BCUT2D eigenvalue weighted by Gasteiger charge is -2.08. The highest BCUT2D eigenvalue weighted by molar-refractivity contribution is 7.95. The molecule has 0 atom stereocenters. The molecule has 0 amide bonds. The largest absolute Gasteiger partial charge is 0.316 e. The smallest absolute Gasteiger partial charge is 0.233 e. The van der Waals surface area contributed by atoms with Gasteiger partial charge in [-0.05, 0) is 24.7 Å². The van der Waals surface area contributed by atoms with E-state index >= 15 is 0 Å². The van der Waals surface area contributed by atoms with Crippen LogP contribution in [0, 0.1) is 0 Å². The summed E-state index contributed by atoms with van der Waals surface area (Å²) in [4.78, 5) is 0. The first-order valence-electron chi connectivity index (χ1n) is 5.63. The van der Waals surface area contributed by atoms with Gasteiger partial charge in [-0.2, -0.15) is 0 Å². The maximum atomic E-state index is 11.7. The van der Waals surface area contributed by atoms with E-state index in [0.29, 0.717) is 12.2 Å². The Morgan fingerprint density at radius 3 is 2.05 bits per heavy atom. The summed E-state index contributed by atoms with van der Waals surface area (Å²) in [6.45, 7) is 0.696. The van der Waals surface area contributed by atoms with Crippen molar-refractivity contribution in [3.8, 4) is 0 Å². The minimum atomic E-state index is -3.64. The summed E-state index contributed by atoms with van der Waals surface area (Å²) in [6.07, 6.45) is 1.01. The Hall–Kier alpha value is -1.12. The van der Waals surface area contributed by atoms with E-state index in [4.69, 9.17) is 0 Å². The molecule has 1 rings (SSSR count). The van der Waals surface area contributed by atoms with Crippen molar-refractivity contribution in [3.63, 3.8) is 0 Å². The SMILES string of the molecule is CNCc1ccc(NS(=O)(=O)CCS(C)(=O)=O)cc1. The molecule has 8 heteroatoms. The highest BCUT2D eigenvalue weighted by atomic mass is 32.2. The molecular formula is C11H18N2O4S2. The molecule has 0 spiro atoms. The van der Waals surface area contributed by atoms with Crippen LogP contribution in [0.4, 0.5) is 5.69 Å². The fraction of sp³-hybridized carbons (Fsp3) is 0.455. The predicted molar refractivity (Wildman–Crippen MR) is 76.3 cm³/mol. The van der Waals surface area contributed by atoms with Gasteiger partial charge in [0.25, 0.3) is 0 Å². The van der Waals surface area contributed by atoms with E-state index in [1.165, 1.54) is 0 Å². The first-order valence-corrected chi connectivity index (χ1v) is 9.35. The molecular weight excluding hydrogens is 288 g/mol. The molecule has 6 nitrogen and oxygen atoms in total. The third-order valence-electron chi connectivity index (χ3n) is 2.33. The molecule has 2 N–H and O–H groups in total. The second-order valence-corrected chi connectivity index (χ2v) is 8.38. The van der Waals surface area contributed by atoms with Crippen LogP contribution in [0.2, 0.25) is 0 Å². The molecule has 0 bridgehead atoms. The quantitative estimate of drug-likeness (QED) is 0.750. The summed E-state index contributed by atoms with van der Waals surface area (Å²) in [6, 6.07) is 6.88. The molecule has 1 aromatic rings. The van der Waals surface area contributed by atoms with E-state index in [2.05, 4.69) is 10.0 Å². The van der Waals surface area contributed by atoms with Crippen molar-refractivity contribution >= 4 is 25.5 Å². The number of nitrogens with one attached hydrogen (secondary N) is 2. The first-order chi connectivity index (χ1) is 8.72. The molecule has 0 saturated heterocycles. The maximum absolute atomic E-state index is 11.7. The van der Waals surface area contributed by atoms with Crippen molar-refractivity contribution in [2.24, 2.45) is 0 Å². The maximum Gasteiger partial charge on any atom is 0.233 e. The molecule has 0 aliphatic heterocycles. The minimum Gasteiger partial charge on any atom is -0.316 e. The standard InChI is InChI=1S/C11H18N2O4S2/c1-12-9-10-3-5-11(6-4-10)13-19(16,17)8-7-18(2,14)15/h3-6,12-13H,7-9H2,1-2H3. The van der Waals surface area contributed by atoms with Gasteiger partial charge in [0.1, 0.15) is 9.84 Å². The lowest BCUT2D eigenvalue weighted by atomic mass is 10.2. The average Bonchev–Trinajstić information content (AvgIpc) is 2.29. The van der Waals surface area contributed by atoms with E-state index in [9.17, 15) is 16.8 Å². The van der Waals surface area contributed by atoms with E-state index in [1.54, 1.807) is 24.3 Å². The molecule has 0 aromatic heterocycles. The van der Waals surface area contributed by atoms with Gasteiger partial charge in [0.2, 0.25) is 10.0 Å². The van der Waals surface area contributed by atoms with Crippen LogP contribution >= 0.6 is 0 Å². The van der Waals surface area contributed by atoms with Gasteiger partial charge in [0.05, 0.1) is 11.5 Å². The Labute approximate surface area is 114 Å². The summed E-state index contributed by atoms with van der Waals surface area (Å²) in [7, 11) is -5.11. The van der Waals surface area contributed by atoms with Gasteiger partial charge < -0.3 is 5.32 Å². The number of sulfone groups is 1. The fourth-order valence-electron chi connectivity index (χ4n) is 1.39. The van der Waals surface area contributed by atoms with Gasteiger partial charge in [0.15, 0.2) is 0 Å². The third-order valence-corrected chi connectivity index (χ3v) is 4.82. The number of sulfonamides is 1. The molecule has 0 radical (unpaired) electrons. The normalized spacial score (nSPS) is 12.3. The topological polar surface area (TPSA) is 92.3 Å². The number of benzene rings is 1. The Morgan fingerprint density at radius 2 is 1.58 bits per heavy atom. The van der Waals surface area contributed by atoms with Crippen LogP contribution in [-0.2, 0) is 26.4 Å². The molecule has 0 aliphatic carbocycles. The van der Waals surface area contributed by atoms with Crippen molar-refractivity contribution in [2.75, 3.05) is 29.5 Å². The van der Waals surface area contributed by atoms with Gasteiger partial charge in [-0.15, -0.1) is 0 Å². The second-order valence-electron chi connectivity index (χ2n) is 4.28. The van der Waals surface area contributed by atoms with Gasteiger partial charge in [-0.3, -0.25) is 4.72 Å². The van der Waals surface area contributed by atoms with Crippen LogP contribution in [0.25, 0.3) is 0 Å². The number of anilines is 1. The van der Waals surface area contributed by atoms with Crippen molar-refractivity contribution in [1.82, 2.24) is 5.32 Å². The monoisotopic (exact) mass is 306 g/mol. The Balaban J connectivity index is 2.67. The molecule has 0 heterocycles. The number of rotatable bonds is 7. The molecule has 0 unspecified atom stereocenters. The van der Waals surface area contributed by atoms with Crippen LogP contribution < -0.4 is 10.0 Å². The molecule has 0 aliphatic rings. The highest BCUT2D eigenvalue weighted by Gasteiger charge is 2.14. The average molecular weight is 306 g/mol. The van der Waals surface area contributed by atoms with Crippen LogP contribution in [0.3, 0.4) is 0 Å². The third kappa shape index (κ3) is 6.55. The van der Waals surface area contributed by atoms with Gasteiger partial charge >= 0.3 is 0 Å². The zero-order valence-corrected chi connectivity index (χ0v) is 12.5. The summed E-state index contributed by atoms with van der Waals surface area (Å²) in [5, 5.41) is 2.98. The molecule has 1 aromatic carbocycles. The van der Waals surface area contributed by atoms with E-state index in [-0.39, 0.29) is 5.75 Å². The predicted octanol–water partition coefficient (Wildman–Crippen LogP) is 0.192. The van der Waals surface area contributed by atoms with Gasteiger partial charge in [-0.1, -0.05) is 12.1 Å².